The number of nitrogens with zero attached hydrogens (tertiary/aromatic N) is 4. The number of hydrazone groups is 3. The van der Waals surface area contributed by atoms with Gasteiger partial charge in [-0.25, -0.2) is 25.3 Å². The Morgan fingerprint density at radius 1 is 0.577 bits per heavy atom. The molecule has 30 heteroatoms. The van der Waals surface area contributed by atoms with E-state index < -0.39 is 95.5 Å². The monoisotopic (exact) mass is 1050 g/mol. The summed E-state index contributed by atoms with van der Waals surface area (Å²) in [5.74, 6) is -2.01. The number of non-ortho nitro benzene ring substituents is 1. The van der Waals surface area contributed by atoms with Crippen LogP contribution in [0.5, 0.6) is 5.75 Å². The number of hydrogen-bond donors (Lipinski definition) is 5. The number of nitro benzene ring substituents is 1. The molecule has 0 aliphatic heterocycles. The van der Waals surface area contributed by atoms with Crippen LogP contribution >= 0.6 is 0 Å². The van der Waals surface area contributed by atoms with Crippen LogP contribution in [0.3, 0.4) is 0 Å². The van der Waals surface area contributed by atoms with Crippen LogP contribution < -0.4 is 120 Å². The molecule has 0 bridgehead atoms. The average molecular weight is 1050 g/mol. The van der Waals surface area contributed by atoms with Crippen molar-refractivity contribution in [1.29, 1.82) is 0 Å². The van der Waals surface area contributed by atoms with E-state index >= 15 is 0 Å². The number of carbonyl (C=O) groups excluding carboxylic acids is 3. The molecule has 3 aliphatic rings. The fourth-order valence-electron chi connectivity index (χ4n) is 6.26. The third-order valence-corrected chi connectivity index (χ3v) is 12.0. The van der Waals surface area contributed by atoms with Crippen molar-refractivity contribution in [3.63, 3.8) is 0 Å². The molecule has 0 aromatic heterocycles. The van der Waals surface area contributed by atoms with Crippen LogP contribution in [0.1, 0.15) is 15.9 Å². The fraction of sp³-hybridized carbons (Fsp3) is 0.0244. The second kappa shape index (κ2) is 23.8. The van der Waals surface area contributed by atoms with E-state index in [-0.39, 0.29) is 123 Å². The third-order valence-electron chi connectivity index (χ3n) is 9.47. The zero-order chi connectivity index (χ0) is 49.1. The van der Waals surface area contributed by atoms with E-state index in [9.17, 15) is 63.4 Å². The maximum Gasteiger partial charge on any atom is 1.00 e. The molecule has 0 saturated carbocycles. The molecule has 5 N–H and O–H groups in total. The number of benzene rings is 4. The SMILES string of the molecule is COc1ccc(N/N=C2\C(=O)c3c(cc(S(=O)(=O)[O-])cc3N/N=C3\C=CC(NC4=CC(=O)/C(=N\Nc5ccc(Nc6ccc([N+](=O)[O-])cc6S(=O)(=O)[O-])cc5)C=C4)=CC3=O)C=C2S(=O)(=O)[O-])cc1.[Na+].[Na+].[Na+]. The van der Waals surface area contributed by atoms with Crippen molar-refractivity contribution >= 4 is 105 Å². The van der Waals surface area contributed by atoms with Gasteiger partial charge in [-0.2, -0.15) is 15.3 Å². The van der Waals surface area contributed by atoms with E-state index in [1.807, 2.05) is 0 Å². The van der Waals surface area contributed by atoms with Crippen molar-refractivity contribution in [1.82, 2.24) is 5.32 Å². The van der Waals surface area contributed by atoms with Gasteiger partial charge in [0.1, 0.15) is 53.2 Å². The van der Waals surface area contributed by atoms with Crippen LogP contribution in [-0.4, -0.2) is 85.4 Å². The molecule has 4 aromatic rings. The summed E-state index contributed by atoms with van der Waals surface area (Å²) in [5, 5.41) is 28.6. The topological polar surface area (TPSA) is 372 Å². The molecule has 4 aromatic carbocycles. The molecular weight excluding hydrogens is 1020 g/mol. The minimum absolute atomic E-state index is 0. The number of nitro groups is 1. The summed E-state index contributed by atoms with van der Waals surface area (Å²) >= 11 is 0. The Hall–Kier alpha value is -5.47. The first kappa shape index (κ1) is 58.1. The number of Topliss-reactive ketones (excluding diaryl/α,β-unsaturated/α-hetero) is 1. The Kier molecular flexibility index (Phi) is 19.5. The molecule has 7 rings (SSSR count). The summed E-state index contributed by atoms with van der Waals surface area (Å²) in [6.07, 6.45) is 8.40. The van der Waals surface area contributed by atoms with Gasteiger partial charge >= 0.3 is 88.7 Å². The fourth-order valence-corrected chi connectivity index (χ4v) is 8.09. The van der Waals surface area contributed by atoms with Gasteiger partial charge in [-0.15, -0.1) is 0 Å². The van der Waals surface area contributed by atoms with Crippen molar-refractivity contribution in [3.05, 3.63) is 153 Å². The zero-order valence-electron chi connectivity index (χ0n) is 37.2. The molecule has 348 valence electrons. The zero-order valence-corrected chi connectivity index (χ0v) is 45.6. The van der Waals surface area contributed by atoms with Gasteiger partial charge in [0.05, 0.1) is 55.0 Å². The van der Waals surface area contributed by atoms with Crippen molar-refractivity contribution in [2.45, 2.75) is 9.79 Å². The Balaban J connectivity index is 0.00000365. The van der Waals surface area contributed by atoms with Crippen LogP contribution in [0.25, 0.3) is 6.08 Å². The van der Waals surface area contributed by atoms with Gasteiger partial charge in [0, 0.05) is 41.4 Å². The van der Waals surface area contributed by atoms with E-state index in [2.05, 4.69) is 42.2 Å². The van der Waals surface area contributed by atoms with Crippen LogP contribution in [0.15, 0.2) is 157 Å². The summed E-state index contributed by atoms with van der Waals surface area (Å²) in [6, 6.07) is 16.2. The third kappa shape index (κ3) is 14.4. The van der Waals surface area contributed by atoms with Crippen molar-refractivity contribution in [2.24, 2.45) is 15.3 Å². The first-order valence-corrected chi connectivity index (χ1v) is 23.1. The van der Waals surface area contributed by atoms with E-state index in [0.29, 0.717) is 35.3 Å². The average Bonchev–Trinajstić information content (AvgIpc) is 3.27. The molecule has 3 aliphatic carbocycles. The molecule has 0 saturated heterocycles. The second-order valence-corrected chi connectivity index (χ2v) is 18.1. The summed E-state index contributed by atoms with van der Waals surface area (Å²) in [7, 11) is -14.3. The number of fused-ring (bicyclic) bond motifs is 1. The molecule has 0 fully saturated rings. The Labute approximate surface area is 469 Å². The van der Waals surface area contributed by atoms with Gasteiger partial charge in [0.15, 0.2) is 0 Å². The maximum atomic E-state index is 13.9. The van der Waals surface area contributed by atoms with E-state index in [1.54, 1.807) is 0 Å². The minimum Gasteiger partial charge on any atom is -0.744 e. The van der Waals surface area contributed by atoms with Crippen molar-refractivity contribution in [3.8, 4) is 5.75 Å². The van der Waals surface area contributed by atoms with Crippen molar-refractivity contribution in [2.75, 3.05) is 28.7 Å². The Bertz CT molecular complexity index is 3470. The van der Waals surface area contributed by atoms with Gasteiger partial charge in [-0.05, 0) is 103 Å². The molecule has 24 nitrogen and oxygen atoms in total. The number of allylic oxidation sites excluding steroid dienone is 7. The van der Waals surface area contributed by atoms with Crippen LogP contribution in [-0.2, 0) is 39.9 Å². The van der Waals surface area contributed by atoms with Gasteiger partial charge in [0.25, 0.3) is 5.69 Å². The number of ether oxygens (including phenoxy) is 1. The van der Waals surface area contributed by atoms with Gasteiger partial charge in [0.2, 0.25) is 17.3 Å². The number of ketones is 3. The predicted octanol–water partition coefficient (Wildman–Crippen LogP) is -5.41. The van der Waals surface area contributed by atoms with Crippen LogP contribution in [0.2, 0.25) is 0 Å². The smallest absolute Gasteiger partial charge is 0.744 e. The predicted molar refractivity (Wildman–Crippen MR) is 241 cm³/mol. The molecular formula is C41H28N9Na3O15S3. The first-order valence-electron chi connectivity index (χ1n) is 18.9. The van der Waals surface area contributed by atoms with Gasteiger partial charge in [-0.3, -0.25) is 40.8 Å². The summed E-state index contributed by atoms with van der Waals surface area (Å²) in [5.41, 5.74) is 5.57. The molecule has 0 spiro atoms. The Morgan fingerprint density at radius 2 is 1.11 bits per heavy atom. The van der Waals surface area contributed by atoms with E-state index in [1.165, 1.54) is 86.0 Å². The number of methoxy groups -OCH3 is 1. The molecule has 0 unspecified atom stereocenters. The van der Waals surface area contributed by atoms with Gasteiger partial charge < -0.3 is 29.0 Å². The summed E-state index contributed by atoms with van der Waals surface area (Å²) in [4.78, 5) is 47.3. The number of carbonyl (C=O) groups is 3. The number of hydrogen-bond acceptors (Lipinski definition) is 23. The normalized spacial score (nSPS) is 16.0. The number of rotatable bonds is 15. The standard InChI is InChI=1S/C41H31N9O15S3.3Na/c1-65-29-11-6-25(7-12-29)45-49-40-38(68(62,63)64)17-22-16-30(66(56,57)58)21-34(39(22)41(40)53)48-47-32-14-9-27(19-36(32)52)42-26-8-13-31(35(51)18-26)46-44-24-4-2-23(3-5-24)43-33-15-10-28(50(54)55)20-37(33)67(59,60)61;;;/h2-21,42-45,48H,1H3,(H,56,57,58)(H,59,60,61)(H,62,63,64);;;/q;3*+1/p-3/b46-31-,47-32+,49-40-;;;. The quantitative estimate of drug-likeness (QED) is 0.0244. The second-order valence-electron chi connectivity index (χ2n) is 14.0. The van der Waals surface area contributed by atoms with Crippen LogP contribution in [0, 0.1) is 10.1 Å². The molecule has 0 radical (unpaired) electrons. The largest absolute Gasteiger partial charge is 1.00 e. The maximum absolute atomic E-state index is 13.9. The molecule has 0 amide bonds. The van der Waals surface area contributed by atoms with E-state index in [4.69, 9.17) is 4.74 Å². The van der Waals surface area contributed by atoms with E-state index in [0.717, 1.165) is 24.3 Å². The molecule has 0 heterocycles. The first-order chi connectivity index (χ1) is 32.1. The molecule has 0 atom stereocenters. The van der Waals surface area contributed by atoms with Crippen LogP contribution in [0.4, 0.5) is 34.1 Å². The van der Waals surface area contributed by atoms with Gasteiger partial charge in [-0.1, -0.05) is 0 Å². The number of nitrogens with one attached hydrogen (secondary N) is 5. The number of anilines is 5. The molecule has 71 heavy (non-hydrogen) atoms. The summed E-state index contributed by atoms with van der Waals surface area (Å²) in [6.45, 7) is 0. The minimum atomic E-state index is -5.42. The van der Waals surface area contributed by atoms with Crippen molar-refractivity contribution < 1.29 is 152 Å². The Morgan fingerprint density at radius 3 is 1.62 bits per heavy atom. The summed E-state index contributed by atoms with van der Waals surface area (Å²) < 4.78 is 113.